The lowest BCUT2D eigenvalue weighted by Crippen LogP contribution is -2.15. The van der Waals surface area contributed by atoms with E-state index in [9.17, 15) is 4.57 Å². The van der Waals surface area contributed by atoms with Crippen LogP contribution in [0.15, 0.2) is 12.4 Å². The summed E-state index contributed by atoms with van der Waals surface area (Å²) in [7, 11) is -1.50. The van der Waals surface area contributed by atoms with Crippen LogP contribution in [0.1, 0.15) is 0 Å². The van der Waals surface area contributed by atoms with Crippen molar-refractivity contribution in [2.24, 2.45) is 0 Å². The molecule has 2 N–H and O–H groups in total. The van der Waals surface area contributed by atoms with Crippen molar-refractivity contribution in [3.05, 3.63) is 12.4 Å². The minimum Gasteiger partial charge on any atom is -0.394 e. The summed E-state index contributed by atoms with van der Waals surface area (Å²) in [6, 6.07) is 0. The Morgan fingerprint density at radius 1 is 1.06 bits per heavy atom. The molecule has 0 saturated heterocycles. The first-order valence-electron chi connectivity index (χ1n) is 5.47. The van der Waals surface area contributed by atoms with Crippen molar-refractivity contribution in [1.29, 1.82) is 0 Å². The van der Waals surface area contributed by atoms with Crippen molar-refractivity contribution in [2.75, 3.05) is 52.8 Å². The lowest BCUT2D eigenvalue weighted by Gasteiger charge is -2.05. The van der Waals surface area contributed by atoms with Gasteiger partial charge in [0.05, 0.1) is 52.8 Å². The fourth-order valence-corrected chi connectivity index (χ4v) is 1.34. The highest BCUT2D eigenvalue weighted by molar-refractivity contribution is 7.45. The van der Waals surface area contributed by atoms with Crippen molar-refractivity contribution in [3.63, 3.8) is 0 Å². The van der Waals surface area contributed by atoms with Crippen LogP contribution in [0, 0.1) is 0 Å². The Morgan fingerprint density at radius 2 is 1.59 bits per heavy atom. The van der Waals surface area contributed by atoms with Crippen LogP contribution in [0.4, 0.5) is 0 Å². The Kier molecular flexibility index (Phi) is 13.4. The predicted octanol–water partition coefficient (Wildman–Crippen LogP) is 0.504. The number of rotatable bonds is 13. The van der Waals surface area contributed by atoms with E-state index in [0.717, 1.165) is 0 Å². The Bertz CT molecular complexity index is 203. The van der Waals surface area contributed by atoms with Gasteiger partial charge >= 0.3 is 7.95 Å². The molecule has 0 aromatic heterocycles. The monoisotopic (exact) mass is 266 g/mol. The molecule has 0 aromatic carbocycles. The van der Waals surface area contributed by atoms with Gasteiger partial charge in [0.2, 0.25) is 0 Å². The van der Waals surface area contributed by atoms with E-state index in [1.165, 1.54) is 5.82 Å². The lowest BCUT2D eigenvalue weighted by atomic mass is 10.7. The summed E-state index contributed by atoms with van der Waals surface area (Å²) in [5.74, 6) is 1.37. The molecule has 0 saturated carbocycles. The highest BCUT2D eigenvalue weighted by Crippen LogP contribution is 2.12. The van der Waals surface area contributed by atoms with E-state index in [1.807, 2.05) is 0 Å². The number of nitrogens with one attached hydrogen (secondary N) is 1. The normalized spacial score (nSPS) is 11.5. The molecule has 0 aromatic rings. The molecule has 0 aliphatic rings. The Morgan fingerprint density at radius 3 is 2.12 bits per heavy atom. The molecule has 0 rings (SSSR count). The maximum Gasteiger partial charge on any atom is 0.463 e. The third-order valence-corrected chi connectivity index (χ3v) is 2.53. The molecule has 7 heteroatoms. The third kappa shape index (κ3) is 13.6. The number of hydrogen-bond donors (Lipinski definition) is 2. The standard InChI is InChI=1S/C10H21NO5P/c1-2-17(13)11-3-5-14-7-9-16-10-8-15-6-4-12/h2,12H,1,3-10H2,(H,11,13)/q+1. The molecule has 0 fully saturated rings. The molecule has 1 atom stereocenters. The SMILES string of the molecule is C=C[P+](=O)NCCOCCOCCOCCO. The highest BCUT2D eigenvalue weighted by atomic mass is 31.1. The second-order valence-corrected chi connectivity index (χ2v) is 4.31. The van der Waals surface area contributed by atoms with Crippen LogP contribution < -0.4 is 5.09 Å². The molecule has 0 bridgehead atoms. The lowest BCUT2D eigenvalue weighted by molar-refractivity contribution is 0.00862. The summed E-state index contributed by atoms with van der Waals surface area (Å²) in [5, 5.41) is 11.2. The summed E-state index contributed by atoms with van der Waals surface area (Å²) in [4.78, 5) is 0. The van der Waals surface area contributed by atoms with Crippen LogP contribution in [0.2, 0.25) is 0 Å². The average molecular weight is 266 g/mol. The number of aliphatic hydroxyl groups is 1. The van der Waals surface area contributed by atoms with Gasteiger partial charge in [-0.1, -0.05) is 6.58 Å². The summed E-state index contributed by atoms with van der Waals surface area (Å²) < 4.78 is 26.3. The second-order valence-electron chi connectivity index (χ2n) is 2.98. The number of aliphatic hydroxyl groups excluding tert-OH is 1. The van der Waals surface area contributed by atoms with Crippen molar-refractivity contribution in [2.45, 2.75) is 0 Å². The van der Waals surface area contributed by atoms with Gasteiger partial charge in [-0.3, -0.25) is 0 Å². The molecule has 100 valence electrons. The zero-order valence-electron chi connectivity index (χ0n) is 9.97. The molecule has 1 unspecified atom stereocenters. The van der Waals surface area contributed by atoms with Gasteiger partial charge in [0, 0.05) is 0 Å². The van der Waals surface area contributed by atoms with Crippen LogP contribution in [-0.4, -0.2) is 57.9 Å². The molecule has 0 aliphatic heterocycles. The van der Waals surface area contributed by atoms with Gasteiger partial charge in [-0.15, -0.1) is 5.09 Å². The van der Waals surface area contributed by atoms with E-state index in [1.54, 1.807) is 0 Å². The van der Waals surface area contributed by atoms with Crippen molar-refractivity contribution >= 4 is 7.95 Å². The van der Waals surface area contributed by atoms with Crippen LogP contribution >= 0.6 is 7.95 Å². The molecule has 0 radical (unpaired) electrons. The summed E-state index contributed by atoms with van der Waals surface area (Å²) in [6.45, 7) is 6.73. The van der Waals surface area contributed by atoms with Gasteiger partial charge < -0.3 is 19.3 Å². The van der Waals surface area contributed by atoms with E-state index < -0.39 is 7.95 Å². The first kappa shape index (κ1) is 16.6. The zero-order valence-corrected chi connectivity index (χ0v) is 10.9. The van der Waals surface area contributed by atoms with Crippen molar-refractivity contribution in [1.82, 2.24) is 5.09 Å². The Hall–Kier alpha value is -0.360. The van der Waals surface area contributed by atoms with E-state index >= 15 is 0 Å². The minimum absolute atomic E-state index is 0.0308. The minimum atomic E-state index is -1.50. The molecule has 17 heavy (non-hydrogen) atoms. The van der Waals surface area contributed by atoms with Crippen LogP contribution in [0.3, 0.4) is 0 Å². The second kappa shape index (κ2) is 13.7. The fourth-order valence-electron chi connectivity index (χ4n) is 0.899. The first-order valence-corrected chi connectivity index (χ1v) is 6.80. The van der Waals surface area contributed by atoms with Gasteiger partial charge in [0.25, 0.3) is 0 Å². The molecule has 0 aliphatic carbocycles. The van der Waals surface area contributed by atoms with Gasteiger partial charge in [-0.05, 0) is 4.57 Å². The maximum absolute atomic E-state index is 10.9. The largest absolute Gasteiger partial charge is 0.463 e. The molecule has 0 amide bonds. The smallest absolute Gasteiger partial charge is 0.394 e. The molecule has 0 spiro atoms. The van der Waals surface area contributed by atoms with Gasteiger partial charge in [-0.2, -0.15) is 0 Å². The van der Waals surface area contributed by atoms with E-state index in [0.29, 0.717) is 46.2 Å². The molecule has 0 heterocycles. The summed E-state index contributed by atoms with van der Waals surface area (Å²) in [5.41, 5.74) is 0. The quantitative estimate of drug-likeness (QED) is 0.373. The van der Waals surface area contributed by atoms with Crippen molar-refractivity contribution in [3.8, 4) is 0 Å². The average Bonchev–Trinajstić information content (AvgIpc) is 2.35. The molecule has 6 nitrogen and oxygen atoms in total. The van der Waals surface area contributed by atoms with Crippen LogP contribution in [-0.2, 0) is 18.8 Å². The number of ether oxygens (including phenoxy) is 3. The zero-order chi connectivity index (χ0) is 12.8. The summed E-state index contributed by atoms with van der Waals surface area (Å²) >= 11 is 0. The molecular weight excluding hydrogens is 245 g/mol. The number of hydrogen-bond acceptors (Lipinski definition) is 5. The fraction of sp³-hybridized carbons (Fsp3) is 0.800. The third-order valence-electron chi connectivity index (χ3n) is 1.66. The highest BCUT2D eigenvalue weighted by Gasteiger charge is 2.05. The van der Waals surface area contributed by atoms with Gasteiger partial charge in [0.15, 0.2) is 5.82 Å². The van der Waals surface area contributed by atoms with E-state index in [4.69, 9.17) is 19.3 Å². The van der Waals surface area contributed by atoms with Crippen LogP contribution in [0.25, 0.3) is 0 Å². The summed E-state index contributed by atoms with van der Waals surface area (Å²) in [6.07, 6.45) is 0. The Labute approximate surface area is 103 Å². The predicted molar refractivity (Wildman–Crippen MR) is 65.3 cm³/mol. The van der Waals surface area contributed by atoms with Gasteiger partial charge in [-0.25, -0.2) is 0 Å². The van der Waals surface area contributed by atoms with E-state index in [2.05, 4.69) is 11.7 Å². The Balaban J connectivity index is 2.98. The first-order chi connectivity index (χ1) is 8.31. The van der Waals surface area contributed by atoms with Gasteiger partial charge in [0.1, 0.15) is 0 Å². The molecular formula is C10H21NO5P+. The van der Waals surface area contributed by atoms with Crippen molar-refractivity contribution < 1.29 is 23.9 Å². The van der Waals surface area contributed by atoms with E-state index in [-0.39, 0.29) is 6.61 Å². The topological polar surface area (TPSA) is 77.0 Å². The maximum atomic E-state index is 10.9. The van der Waals surface area contributed by atoms with Crippen LogP contribution in [0.5, 0.6) is 0 Å².